The van der Waals surface area contributed by atoms with Crippen LogP contribution in [0.1, 0.15) is 19.3 Å². The van der Waals surface area contributed by atoms with Crippen LogP contribution in [0.4, 0.5) is 5.69 Å². The van der Waals surface area contributed by atoms with Crippen LogP contribution in [-0.4, -0.2) is 45.2 Å². The van der Waals surface area contributed by atoms with E-state index in [1.807, 2.05) is 58.3 Å². The number of thiazole rings is 1. The molecule has 6 nitrogen and oxygen atoms in total. The molecule has 0 radical (unpaired) electrons. The number of carbonyl (C=O) groups excluding carboxylic acids is 1. The number of piperidine rings is 1. The van der Waals surface area contributed by atoms with E-state index in [4.69, 9.17) is 0 Å². The number of hydrogen-bond acceptors (Lipinski definition) is 5. The molecule has 1 aromatic carbocycles. The summed E-state index contributed by atoms with van der Waals surface area (Å²) < 4.78 is 1.96. The predicted octanol–water partition coefficient (Wildman–Crippen LogP) is 3.75. The SMILES string of the molecule is O=C(Nc1ccc(-c2cscn2)cc1)C1CCCN(CCCn2cccn2)C1. The monoisotopic (exact) mass is 395 g/mol. The zero-order chi connectivity index (χ0) is 19.2. The fourth-order valence-corrected chi connectivity index (χ4v) is 4.25. The van der Waals surface area contributed by atoms with E-state index in [1.54, 1.807) is 11.3 Å². The molecule has 2 aromatic heterocycles. The molecule has 1 amide bonds. The number of carbonyl (C=O) groups is 1. The fourth-order valence-electron chi connectivity index (χ4n) is 3.69. The third kappa shape index (κ3) is 4.85. The lowest BCUT2D eigenvalue weighted by atomic mass is 9.97. The molecule has 1 aliphatic heterocycles. The van der Waals surface area contributed by atoms with Crippen LogP contribution in [0.3, 0.4) is 0 Å². The first-order chi connectivity index (χ1) is 13.8. The summed E-state index contributed by atoms with van der Waals surface area (Å²) in [5, 5.41) is 9.35. The Labute approximate surface area is 169 Å². The van der Waals surface area contributed by atoms with E-state index in [1.165, 1.54) is 0 Å². The van der Waals surface area contributed by atoms with Gasteiger partial charge in [0.05, 0.1) is 17.1 Å². The minimum absolute atomic E-state index is 0.0525. The lowest BCUT2D eigenvalue weighted by Crippen LogP contribution is -2.41. The van der Waals surface area contributed by atoms with Crippen LogP contribution in [0.15, 0.2) is 53.6 Å². The van der Waals surface area contributed by atoms with Crippen molar-refractivity contribution in [3.63, 3.8) is 0 Å². The van der Waals surface area contributed by atoms with Gasteiger partial charge < -0.3 is 10.2 Å². The lowest BCUT2D eigenvalue weighted by Gasteiger charge is -2.32. The van der Waals surface area contributed by atoms with E-state index in [0.29, 0.717) is 0 Å². The highest BCUT2D eigenvalue weighted by atomic mass is 32.1. The lowest BCUT2D eigenvalue weighted by molar-refractivity contribution is -0.121. The first-order valence-corrected chi connectivity index (χ1v) is 10.7. The Hall–Kier alpha value is -2.51. The Morgan fingerprint density at radius 2 is 2.14 bits per heavy atom. The van der Waals surface area contributed by atoms with Crippen molar-refractivity contribution in [2.75, 3.05) is 25.0 Å². The molecule has 1 saturated heterocycles. The van der Waals surface area contributed by atoms with Gasteiger partial charge in [-0.3, -0.25) is 9.48 Å². The predicted molar refractivity (Wildman–Crippen MR) is 112 cm³/mol. The van der Waals surface area contributed by atoms with Gasteiger partial charge in [0.25, 0.3) is 0 Å². The summed E-state index contributed by atoms with van der Waals surface area (Å²) in [5.74, 6) is 0.176. The molecule has 0 bridgehead atoms. The zero-order valence-electron chi connectivity index (χ0n) is 15.8. The Morgan fingerprint density at radius 1 is 1.25 bits per heavy atom. The summed E-state index contributed by atoms with van der Waals surface area (Å²) in [6, 6.07) is 9.87. The number of anilines is 1. The van der Waals surface area contributed by atoms with Gasteiger partial charge in [-0.2, -0.15) is 5.10 Å². The van der Waals surface area contributed by atoms with Crippen molar-refractivity contribution in [2.45, 2.75) is 25.8 Å². The van der Waals surface area contributed by atoms with E-state index in [2.05, 4.69) is 20.3 Å². The van der Waals surface area contributed by atoms with Gasteiger partial charge in [-0.1, -0.05) is 12.1 Å². The molecule has 0 saturated carbocycles. The maximum Gasteiger partial charge on any atom is 0.228 e. The minimum atomic E-state index is 0.0525. The minimum Gasteiger partial charge on any atom is -0.326 e. The molecule has 0 aliphatic carbocycles. The van der Waals surface area contributed by atoms with Crippen LogP contribution in [0.5, 0.6) is 0 Å². The van der Waals surface area contributed by atoms with Crippen LogP contribution in [0.2, 0.25) is 0 Å². The van der Waals surface area contributed by atoms with Gasteiger partial charge in [0.1, 0.15) is 0 Å². The number of nitrogens with zero attached hydrogens (tertiary/aromatic N) is 4. The van der Waals surface area contributed by atoms with Crippen molar-refractivity contribution in [3.8, 4) is 11.3 Å². The van der Waals surface area contributed by atoms with E-state index < -0.39 is 0 Å². The number of aromatic nitrogens is 3. The van der Waals surface area contributed by atoms with Gasteiger partial charge >= 0.3 is 0 Å². The van der Waals surface area contributed by atoms with E-state index in [9.17, 15) is 4.79 Å². The Morgan fingerprint density at radius 3 is 2.89 bits per heavy atom. The van der Waals surface area contributed by atoms with E-state index >= 15 is 0 Å². The average Bonchev–Trinajstić information content (AvgIpc) is 3.43. The van der Waals surface area contributed by atoms with Crippen molar-refractivity contribution in [1.82, 2.24) is 19.7 Å². The van der Waals surface area contributed by atoms with Crippen molar-refractivity contribution in [2.24, 2.45) is 5.92 Å². The molecular weight excluding hydrogens is 370 g/mol. The zero-order valence-corrected chi connectivity index (χ0v) is 16.6. The molecule has 1 atom stereocenters. The summed E-state index contributed by atoms with van der Waals surface area (Å²) in [6.45, 7) is 3.84. The summed E-state index contributed by atoms with van der Waals surface area (Å²) in [4.78, 5) is 19.4. The molecule has 146 valence electrons. The third-order valence-corrected chi connectivity index (χ3v) is 5.76. The summed E-state index contributed by atoms with van der Waals surface area (Å²) in [5.41, 5.74) is 4.72. The summed E-state index contributed by atoms with van der Waals surface area (Å²) in [7, 11) is 0. The van der Waals surface area contributed by atoms with Crippen LogP contribution in [0, 0.1) is 5.92 Å². The second-order valence-corrected chi connectivity index (χ2v) is 7.92. The molecule has 1 aliphatic rings. The number of likely N-dealkylation sites (tertiary alicyclic amines) is 1. The Bertz CT molecular complexity index is 861. The first-order valence-electron chi connectivity index (χ1n) is 9.77. The second-order valence-electron chi connectivity index (χ2n) is 7.20. The molecule has 1 fully saturated rings. The van der Waals surface area contributed by atoms with Crippen LogP contribution in [0.25, 0.3) is 11.3 Å². The smallest absolute Gasteiger partial charge is 0.228 e. The van der Waals surface area contributed by atoms with Gasteiger partial charge in [-0.15, -0.1) is 11.3 Å². The number of aryl methyl sites for hydroxylation is 1. The van der Waals surface area contributed by atoms with E-state index in [0.717, 1.165) is 62.4 Å². The van der Waals surface area contributed by atoms with Gasteiger partial charge in [-0.25, -0.2) is 4.98 Å². The number of benzene rings is 1. The number of nitrogens with one attached hydrogen (secondary N) is 1. The van der Waals surface area contributed by atoms with Crippen molar-refractivity contribution < 1.29 is 4.79 Å². The van der Waals surface area contributed by atoms with E-state index in [-0.39, 0.29) is 11.8 Å². The highest BCUT2D eigenvalue weighted by molar-refractivity contribution is 7.07. The maximum atomic E-state index is 12.7. The molecule has 28 heavy (non-hydrogen) atoms. The Balaban J connectivity index is 1.26. The highest BCUT2D eigenvalue weighted by Gasteiger charge is 2.25. The van der Waals surface area contributed by atoms with Crippen molar-refractivity contribution >= 4 is 22.9 Å². The normalized spacial score (nSPS) is 17.5. The first kappa shape index (κ1) is 18.8. The summed E-state index contributed by atoms with van der Waals surface area (Å²) >= 11 is 1.58. The molecule has 3 aromatic rings. The molecule has 0 spiro atoms. The standard InChI is InChI=1S/C21H25N5OS/c27-21(24-19-7-5-17(6-8-19)20-15-28-16-22-20)18-4-1-10-25(14-18)11-3-13-26-12-2-9-23-26/h2,5-9,12,15-16,18H,1,3-4,10-11,13-14H2,(H,24,27). The van der Waals surface area contributed by atoms with Crippen LogP contribution < -0.4 is 5.32 Å². The second kappa shape index (κ2) is 9.12. The summed E-state index contributed by atoms with van der Waals surface area (Å²) in [6.07, 6.45) is 6.88. The van der Waals surface area contributed by atoms with Crippen molar-refractivity contribution in [1.29, 1.82) is 0 Å². The van der Waals surface area contributed by atoms with Crippen LogP contribution >= 0.6 is 11.3 Å². The fraction of sp³-hybridized carbons (Fsp3) is 0.381. The molecule has 1 N–H and O–H groups in total. The van der Waals surface area contributed by atoms with Gasteiger partial charge in [0.15, 0.2) is 0 Å². The van der Waals surface area contributed by atoms with Crippen LogP contribution in [-0.2, 0) is 11.3 Å². The number of hydrogen-bond donors (Lipinski definition) is 1. The molecule has 4 rings (SSSR count). The molecule has 7 heteroatoms. The van der Waals surface area contributed by atoms with Gasteiger partial charge in [0, 0.05) is 42.1 Å². The molecule has 3 heterocycles. The average molecular weight is 396 g/mol. The quantitative estimate of drug-likeness (QED) is 0.662. The molecule has 1 unspecified atom stereocenters. The van der Waals surface area contributed by atoms with Gasteiger partial charge in [-0.05, 0) is 50.6 Å². The largest absolute Gasteiger partial charge is 0.326 e. The van der Waals surface area contributed by atoms with Gasteiger partial charge in [0.2, 0.25) is 5.91 Å². The number of amides is 1. The highest BCUT2D eigenvalue weighted by Crippen LogP contribution is 2.23. The maximum absolute atomic E-state index is 12.7. The molecular formula is C21H25N5OS. The Kier molecular flexibility index (Phi) is 6.14. The number of rotatable bonds is 7. The topological polar surface area (TPSA) is 63.1 Å². The third-order valence-electron chi connectivity index (χ3n) is 5.18. The van der Waals surface area contributed by atoms with Crippen molar-refractivity contribution in [3.05, 3.63) is 53.6 Å².